The van der Waals surface area contributed by atoms with Crippen molar-refractivity contribution in [1.29, 1.82) is 0 Å². The van der Waals surface area contributed by atoms with Gasteiger partial charge in [-0.2, -0.15) is 0 Å². The summed E-state index contributed by atoms with van der Waals surface area (Å²) in [6.07, 6.45) is 0. The lowest BCUT2D eigenvalue weighted by atomic mass is 10.6. The van der Waals surface area contributed by atoms with E-state index in [4.69, 9.17) is 4.42 Å². The normalized spacial score (nSPS) is 10.4. The molecule has 62 valence electrons. The summed E-state index contributed by atoms with van der Waals surface area (Å²) in [4.78, 5) is 0. The Bertz CT molecular complexity index is 213. The smallest absolute Gasteiger partial charge is 0.230 e. The summed E-state index contributed by atoms with van der Waals surface area (Å²) in [5.74, 6) is 1.03. The molecule has 0 saturated carbocycles. The Kier molecular flexibility index (Phi) is 2.97. The zero-order valence-electron chi connectivity index (χ0n) is 6.30. The molecule has 5 heteroatoms. The maximum atomic E-state index is 11.6. The van der Waals surface area contributed by atoms with Gasteiger partial charge in [0.05, 0.1) is 6.54 Å². The average Bonchev–Trinajstić information content (AvgIpc) is 2.37. The summed E-state index contributed by atoms with van der Waals surface area (Å²) in [6, 6.07) is 0. The van der Waals surface area contributed by atoms with Crippen molar-refractivity contribution in [1.82, 2.24) is 15.5 Å². The van der Waals surface area contributed by atoms with Gasteiger partial charge in [0.1, 0.15) is 6.67 Å². The zero-order valence-corrected chi connectivity index (χ0v) is 6.30. The molecule has 1 aromatic rings. The summed E-state index contributed by atoms with van der Waals surface area (Å²) in [5.41, 5.74) is 0. The van der Waals surface area contributed by atoms with Crippen LogP contribution in [0.25, 0.3) is 0 Å². The van der Waals surface area contributed by atoms with E-state index in [0.29, 0.717) is 24.9 Å². The Hall–Kier alpha value is -0.970. The molecule has 1 N–H and O–H groups in total. The lowest BCUT2D eigenvalue weighted by Gasteiger charge is -1.94. The lowest BCUT2D eigenvalue weighted by molar-refractivity contribution is 0.423. The van der Waals surface area contributed by atoms with Crippen LogP contribution in [0, 0.1) is 6.92 Å². The molecule has 0 radical (unpaired) electrons. The molecule has 0 spiro atoms. The van der Waals surface area contributed by atoms with Gasteiger partial charge in [-0.25, -0.2) is 4.39 Å². The van der Waals surface area contributed by atoms with Crippen molar-refractivity contribution < 1.29 is 8.81 Å². The number of hydrogen-bond donors (Lipinski definition) is 1. The third-order valence-corrected chi connectivity index (χ3v) is 1.12. The maximum Gasteiger partial charge on any atom is 0.230 e. The minimum atomic E-state index is -0.382. The topological polar surface area (TPSA) is 51.0 Å². The maximum absolute atomic E-state index is 11.6. The second-order valence-corrected chi connectivity index (χ2v) is 2.08. The number of nitrogens with one attached hydrogen (secondary N) is 1. The van der Waals surface area contributed by atoms with Gasteiger partial charge in [0.15, 0.2) is 0 Å². The van der Waals surface area contributed by atoms with Gasteiger partial charge in [0.2, 0.25) is 11.8 Å². The van der Waals surface area contributed by atoms with Crippen molar-refractivity contribution in [2.24, 2.45) is 0 Å². The Balaban J connectivity index is 2.27. The van der Waals surface area contributed by atoms with Gasteiger partial charge in [0, 0.05) is 13.5 Å². The first-order valence-corrected chi connectivity index (χ1v) is 3.38. The number of aromatic nitrogens is 2. The summed E-state index contributed by atoms with van der Waals surface area (Å²) < 4.78 is 16.6. The van der Waals surface area contributed by atoms with E-state index in [-0.39, 0.29) is 6.67 Å². The fourth-order valence-corrected chi connectivity index (χ4v) is 0.671. The highest BCUT2D eigenvalue weighted by atomic mass is 19.1. The highest BCUT2D eigenvalue weighted by molar-refractivity contribution is 4.77. The van der Waals surface area contributed by atoms with Gasteiger partial charge in [-0.1, -0.05) is 0 Å². The minimum Gasteiger partial charge on any atom is -0.424 e. The average molecular weight is 159 g/mol. The summed E-state index contributed by atoms with van der Waals surface area (Å²) in [6.45, 7) is 2.09. The van der Waals surface area contributed by atoms with Gasteiger partial charge in [-0.15, -0.1) is 10.2 Å². The van der Waals surface area contributed by atoms with E-state index in [1.807, 2.05) is 0 Å². The van der Waals surface area contributed by atoms with Crippen LogP contribution >= 0.6 is 0 Å². The lowest BCUT2D eigenvalue weighted by Crippen LogP contribution is -2.16. The van der Waals surface area contributed by atoms with Gasteiger partial charge in [0.25, 0.3) is 0 Å². The molecule has 11 heavy (non-hydrogen) atoms. The molecule has 1 aromatic heterocycles. The van der Waals surface area contributed by atoms with Crippen LogP contribution in [0.3, 0.4) is 0 Å². The van der Waals surface area contributed by atoms with Crippen LogP contribution in [-0.4, -0.2) is 23.4 Å². The van der Waals surface area contributed by atoms with Crippen LogP contribution in [-0.2, 0) is 6.54 Å². The monoisotopic (exact) mass is 159 g/mol. The quantitative estimate of drug-likeness (QED) is 0.647. The molecule has 0 amide bonds. The van der Waals surface area contributed by atoms with Crippen molar-refractivity contribution in [2.75, 3.05) is 13.2 Å². The van der Waals surface area contributed by atoms with Crippen LogP contribution in [0.5, 0.6) is 0 Å². The third kappa shape index (κ3) is 2.63. The number of alkyl halides is 1. The number of nitrogens with zero attached hydrogens (tertiary/aromatic N) is 2. The van der Waals surface area contributed by atoms with Crippen LogP contribution in [0.4, 0.5) is 4.39 Å². The summed E-state index contributed by atoms with van der Waals surface area (Å²) in [5, 5.41) is 10.1. The molecular weight excluding hydrogens is 149 g/mol. The molecule has 0 aliphatic carbocycles. The van der Waals surface area contributed by atoms with E-state index in [9.17, 15) is 4.39 Å². The number of hydrogen-bond acceptors (Lipinski definition) is 4. The van der Waals surface area contributed by atoms with Crippen LogP contribution < -0.4 is 5.32 Å². The molecular formula is C6H10FN3O. The van der Waals surface area contributed by atoms with E-state index < -0.39 is 0 Å². The van der Waals surface area contributed by atoms with Crippen molar-refractivity contribution >= 4 is 0 Å². The van der Waals surface area contributed by atoms with Gasteiger partial charge < -0.3 is 9.73 Å². The molecule has 1 heterocycles. The predicted molar refractivity (Wildman–Crippen MR) is 36.7 cm³/mol. The Morgan fingerprint density at radius 2 is 2.36 bits per heavy atom. The van der Waals surface area contributed by atoms with Gasteiger partial charge >= 0.3 is 0 Å². The highest BCUT2D eigenvalue weighted by Gasteiger charge is 1.99. The standard InChI is InChI=1S/C6H10FN3O/c1-5-9-10-6(11-5)4-8-3-2-7/h8H,2-4H2,1H3. The fourth-order valence-electron chi connectivity index (χ4n) is 0.671. The molecule has 0 saturated heterocycles. The van der Waals surface area contributed by atoms with E-state index in [0.717, 1.165) is 0 Å². The molecule has 0 atom stereocenters. The Morgan fingerprint density at radius 3 is 2.91 bits per heavy atom. The van der Waals surface area contributed by atoms with E-state index >= 15 is 0 Å². The molecule has 1 rings (SSSR count). The molecule has 4 nitrogen and oxygen atoms in total. The van der Waals surface area contributed by atoms with Crippen molar-refractivity contribution in [3.8, 4) is 0 Å². The third-order valence-electron chi connectivity index (χ3n) is 1.12. The zero-order chi connectivity index (χ0) is 8.10. The summed E-state index contributed by atoms with van der Waals surface area (Å²) >= 11 is 0. The Labute approximate surface area is 63.8 Å². The van der Waals surface area contributed by atoms with Gasteiger partial charge in [-0.05, 0) is 0 Å². The first kappa shape index (κ1) is 8.13. The number of aryl methyl sites for hydroxylation is 1. The molecule has 0 aromatic carbocycles. The summed E-state index contributed by atoms with van der Waals surface area (Å²) in [7, 11) is 0. The second kappa shape index (κ2) is 4.02. The van der Waals surface area contributed by atoms with Crippen LogP contribution in [0.15, 0.2) is 4.42 Å². The number of rotatable bonds is 4. The Morgan fingerprint density at radius 1 is 1.55 bits per heavy atom. The first-order chi connectivity index (χ1) is 5.33. The minimum absolute atomic E-state index is 0.321. The molecule has 0 bridgehead atoms. The van der Waals surface area contributed by atoms with Crippen molar-refractivity contribution in [2.45, 2.75) is 13.5 Å². The second-order valence-electron chi connectivity index (χ2n) is 2.08. The molecule has 0 fully saturated rings. The SMILES string of the molecule is Cc1nnc(CNCCF)o1. The van der Waals surface area contributed by atoms with E-state index in [1.165, 1.54) is 0 Å². The van der Waals surface area contributed by atoms with Crippen molar-refractivity contribution in [3.63, 3.8) is 0 Å². The largest absolute Gasteiger partial charge is 0.424 e. The van der Waals surface area contributed by atoms with E-state index in [2.05, 4.69) is 15.5 Å². The molecule has 0 aliphatic heterocycles. The molecule has 0 unspecified atom stereocenters. The van der Waals surface area contributed by atoms with Crippen molar-refractivity contribution in [3.05, 3.63) is 11.8 Å². The highest BCUT2D eigenvalue weighted by Crippen LogP contribution is 1.95. The first-order valence-electron chi connectivity index (χ1n) is 3.38. The fraction of sp³-hybridized carbons (Fsp3) is 0.667. The number of halogens is 1. The van der Waals surface area contributed by atoms with Crippen LogP contribution in [0.2, 0.25) is 0 Å². The van der Waals surface area contributed by atoms with E-state index in [1.54, 1.807) is 6.92 Å². The van der Waals surface area contributed by atoms with Gasteiger partial charge in [-0.3, -0.25) is 0 Å². The van der Waals surface area contributed by atoms with Crippen LogP contribution in [0.1, 0.15) is 11.8 Å². The predicted octanol–water partition coefficient (Wildman–Crippen LogP) is 0.437. The molecule has 0 aliphatic rings.